The zero-order chi connectivity index (χ0) is 12.4. The van der Waals surface area contributed by atoms with Crippen LogP contribution in [0.15, 0.2) is 34.9 Å². The summed E-state index contributed by atoms with van der Waals surface area (Å²) in [7, 11) is 0. The van der Waals surface area contributed by atoms with Crippen LogP contribution in [0.3, 0.4) is 0 Å². The fourth-order valence-corrected chi connectivity index (χ4v) is 1.89. The molecule has 0 saturated carbocycles. The minimum absolute atomic E-state index is 0.326. The van der Waals surface area contributed by atoms with Gasteiger partial charge in [-0.15, -0.1) is 0 Å². The van der Waals surface area contributed by atoms with Crippen LogP contribution in [0, 0.1) is 12.7 Å². The third-order valence-corrected chi connectivity index (χ3v) is 2.97. The van der Waals surface area contributed by atoms with Crippen molar-refractivity contribution in [2.24, 2.45) is 0 Å². The zero-order valence-electron chi connectivity index (χ0n) is 9.17. The zero-order valence-corrected chi connectivity index (χ0v) is 10.8. The van der Waals surface area contributed by atoms with Gasteiger partial charge < -0.3 is 11.1 Å². The SMILES string of the molecule is Cc1cc(Br)c(F)cc1Nc1ncccc1N. The van der Waals surface area contributed by atoms with Crippen LogP contribution in [0.1, 0.15) is 5.56 Å². The molecule has 0 bridgehead atoms. The van der Waals surface area contributed by atoms with Crippen molar-refractivity contribution < 1.29 is 4.39 Å². The number of aryl methyl sites for hydroxylation is 1. The highest BCUT2D eigenvalue weighted by Crippen LogP contribution is 2.27. The Hall–Kier alpha value is -1.62. The average molecular weight is 296 g/mol. The van der Waals surface area contributed by atoms with Gasteiger partial charge >= 0.3 is 0 Å². The molecular weight excluding hydrogens is 285 g/mol. The van der Waals surface area contributed by atoms with Gasteiger partial charge in [0.2, 0.25) is 0 Å². The summed E-state index contributed by atoms with van der Waals surface area (Å²) < 4.78 is 13.9. The van der Waals surface area contributed by atoms with E-state index >= 15 is 0 Å². The molecule has 0 amide bonds. The van der Waals surface area contributed by atoms with Crippen molar-refractivity contribution in [2.45, 2.75) is 6.92 Å². The summed E-state index contributed by atoms with van der Waals surface area (Å²) in [5.41, 5.74) is 7.84. The van der Waals surface area contributed by atoms with E-state index < -0.39 is 0 Å². The smallest absolute Gasteiger partial charge is 0.153 e. The quantitative estimate of drug-likeness (QED) is 0.890. The van der Waals surface area contributed by atoms with E-state index in [2.05, 4.69) is 26.2 Å². The number of benzene rings is 1. The maximum atomic E-state index is 13.4. The first-order chi connectivity index (χ1) is 8.08. The lowest BCUT2D eigenvalue weighted by atomic mass is 10.2. The van der Waals surface area contributed by atoms with Crippen molar-refractivity contribution in [3.05, 3.63) is 46.3 Å². The summed E-state index contributed by atoms with van der Waals surface area (Å²) in [5, 5.41) is 3.01. The second-order valence-electron chi connectivity index (χ2n) is 3.65. The van der Waals surface area contributed by atoms with E-state index in [-0.39, 0.29) is 5.82 Å². The number of anilines is 3. The highest BCUT2D eigenvalue weighted by molar-refractivity contribution is 9.10. The normalized spacial score (nSPS) is 10.3. The number of nitrogens with zero attached hydrogens (tertiary/aromatic N) is 1. The van der Waals surface area contributed by atoms with Gasteiger partial charge in [-0.1, -0.05) is 0 Å². The molecule has 0 unspecified atom stereocenters. The lowest BCUT2D eigenvalue weighted by Crippen LogP contribution is -2.00. The van der Waals surface area contributed by atoms with Gasteiger partial charge in [-0.3, -0.25) is 0 Å². The number of nitrogens with one attached hydrogen (secondary N) is 1. The first kappa shape index (κ1) is 11.9. The Morgan fingerprint density at radius 1 is 1.41 bits per heavy atom. The van der Waals surface area contributed by atoms with Crippen molar-refractivity contribution in [3.8, 4) is 0 Å². The van der Waals surface area contributed by atoms with Crippen LogP contribution in [0.4, 0.5) is 21.6 Å². The highest BCUT2D eigenvalue weighted by atomic mass is 79.9. The fraction of sp³-hybridized carbons (Fsp3) is 0.0833. The number of hydrogen-bond acceptors (Lipinski definition) is 3. The van der Waals surface area contributed by atoms with Crippen molar-refractivity contribution >= 4 is 33.1 Å². The number of hydrogen-bond donors (Lipinski definition) is 2. The van der Waals surface area contributed by atoms with E-state index in [0.717, 1.165) is 5.56 Å². The number of halogens is 2. The predicted octanol–water partition coefficient (Wildman–Crippen LogP) is 3.62. The average Bonchev–Trinajstić information content (AvgIpc) is 2.29. The van der Waals surface area contributed by atoms with Crippen LogP contribution in [0.5, 0.6) is 0 Å². The van der Waals surface area contributed by atoms with Gasteiger partial charge in [-0.2, -0.15) is 0 Å². The van der Waals surface area contributed by atoms with Gasteiger partial charge in [-0.05, 0) is 52.7 Å². The van der Waals surface area contributed by atoms with E-state index in [9.17, 15) is 4.39 Å². The Labute approximate surface area is 107 Å². The number of rotatable bonds is 2. The molecule has 17 heavy (non-hydrogen) atoms. The first-order valence-electron chi connectivity index (χ1n) is 5.01. The molecule has 0 radical (unpaired) electrons. The molecule has 5 heteroatoms. The molecule has 0 aliphatic heterocycles. The lowest BCUT2D eigenvalue weighted by Gasteiger charge is -2.11. The summed E-state index contributed by atoms with van der Waals surface area (Å²) in [6.45, 7) is 1.88. The van der Waals surface area contributed by atoms with Crippen LogP contribution in [-0.4, -0.2) is 4.98 Å². The molecule has 2 aromatic rings. The molecule has 3 nitrogen and oxygen atoms in total. The van der Waals surface area contributed by atoms with Crippen molar-refractivity contribution in [3.63, 3.8) is 0 Å². The molecule has 2 rings (SSSR count). The van der Waals surface area contributed by atoms with E-state index in [4.69, 9.17) is 5.73 Å². The fourth-order valence-electron chi connectivity index (χ4n) is 1.43. The topological polar surface area (TPSA) is 50.9 Å². The Morgan fingerprint density at radius 2 is 2.18 bits per heavy atom. The van der Waals surface area contributed by atoms with Gasteiger partial charge in [0.15, 0.2) is 5.82 Å². The molecule has 1 aromatic carbocycles. The maximum absolute atomic E-state index is 13.4. The molecule has 1 aromatic heterocycles. The highest BCUT2D eigenvalue weighted by Gasteiger charge is 2.07. The van der Waals surface area contributed by atoms with Crippen LogP contribution in [0.2, 0.25) is 0 Å². The monoisotopic (exact) mass is 295 g/mol. The molecule has 0 saturated heterocycles. The van der Waals surface area contributed by atoms with Crippen molar-refractivity contribution in [1.82, 2.24) is 4.98 Å². The van der Waals surface area contributed by atoms with Crippen molar-refractivity contribution in [2.75, 3.05) is 11.1 Å². The van der Waals surface area contributed by atoms with Gasteiger partial charge in [0, 0.05) is 11.9 Å². The Kier molecular flexibility index (Phi) is 3.28. The van der Waals surface area contributed by atoms with E-state index in [1.165, 1.54) is 6.07 Å². The second-order valence-corrected chi connectivity index (χ2v) is 4.50. The summed E-state index contributed by atoms with van der Waals surface area (Å²) >= 11 is 3.14. The van der Waals surface area contributed by atoms with Gasteiger partial charge in [0.1, 0.15) is 5.82 Å². The van der Waals surface area contributed by atoms with Gasteiger partial charge in [-0.25, -0.2) is 9.37 Å². The number of nitrogens with two attached hydrogens (primary N) is 1. The first-order valence-corrected chi connectivity index (χ1v) is 5.80. The molecule has 0 fully saturated rings. The molecular formula is C12H11BrFN3. The van der Waals surface area contributed by atoms with E-state index in [1.807, 2.05) is 6.92 Å². The molecule has 0 spiro atoms. The molecule has 0 atom stereocenters. The summed E-state index contributed by atoms with van der Waals surface area (Å²) in [4.78, 5) is 4.10. The third kappa shape index (κ3) is 2.55. The molecule has 1 heterocycles. The Morgan fingerprint density at radius 3 is 2.88 bits per heavy atom. The molecule has 0 aliphatic carbocycles. The van der Waals surface area contributed by atoms with Crippen LogP contribution < -0.4 is 11.1 Å². The standard InChI is InChI=1S/C12H11BrFN3/c1-7-5-8(13)9(14)6-11(7)17-12-10(15)3-2-4-16-12/h2-6H,15H2,1H3,(H,16,17). The van der Waals surface area contributed by atoms with Gasteiger partial charge in [0.25, 0.3) is 0 Å². The summed E-state index contributed by atoms with van der Waals surface area (Å²) in [6, 6.07) is 6.60. The number of aromatic nitrogens is 1. The maximum Gasteiger partial charge on any atom is 0.153 e. The summed E-state index contributed by atoms with van der Waals surface area (Å²) in [6.07, 6.45) is 1.63. The minimum atomic E-state index is -0.326. The van der Waals surface area contributed by atoms with Crippen LogP contribution in [-0.2, 0) is 0 Å². The summed E-state index contributed by atoms with van der Waals surface area (Å²) in [5.74, 6) is 0.199. The predicted molar refractivity (Wildman–Crippen MR) is 70.8 cm³/mol. The van der Waals surface area contributed by atoms with Gasteiger partial charge in [0.05, 0.1) is 10.2 Å². The minimum Gasteiger partial charge on any atom is -0.396 e. The molecule has 88 valence electrons. The van der Waals surface area contributed by atoms with Crippen LogP contribution >= 0.6 is 15.9 Å². The number of pyridine rings is 1. The molecule has 0 aliphatic rings. The van der Waals surface area contributed by atoms with Crippen LogP contribution in [0.25, 0.3) is 0 Å². The largest absolute Gasteiger partial charge is 0.396 e. The van der Waals surface area contributed by atoms with Crippen molar-refractivity contribution in [1.29, 1.82) is 0 Å². The van der Waals surface area contributed by atoms with E-state index in [1.54, 1.807) is 24.4 Å². The number of nitrogen functional groups attached to an aromatic ring is 1. The Balaban J connectivity index is 2.37. The lowest BCUT2D eigenvalue weighted by molar-refractivity contribution is 0.621. The molecule has 3 N–H and O–H groups in total. The third-order valence-electron chi connectivity index (χ3n) is 2.36. The van der Waals surface area contributed by atoms with E-state index in [0.29, 0.717) is 21.7 Å². The second kappa shape index (κ2) is 4.71. The Bertz CT molecular complexity index is 557.